The number of carboxylic acid groups (broad SMARTS) is 3. The Bertz CT molecular complexity index is 1640. The molecule has 1 amide bonds. The van der Waals surface area contributed by atoms with E-state index in [4.69, 9.17) is 50.1 Å². The van der Waals surface area contributed by atoms with E-state index in [1.165, 1.54) is 13.8 Å². The van der Waals surface area contributed by atoms with Crippen LogP contribution < -0.4 is 10.6 Å². The summed E-state index contributed by atoms with van der Waals surface area (Å²) in [6, 6.07) is 7.03. The molecule has 1 atom stereocenters. The Morgan fingerprint density at radius 2 is 0.972 bits per heavy atom. The molecule has 1 aliphatic rings. The molecule has 0 bridgehead atoms. The predicted molar refractivity (Wildman–Crippen MR) is 264 cm³/mol. The van der Waals surface area contributed by atoms with Crippen molar-refractivity contribution in [2.75, 3.05) is 183 Å². The minimum atomic E-state index is -1.04. The highest BCUT2D eigenvalue weighted by atomic mass is 32.1. The van der Waals surface area contributed by atoms with Crippen LogP contribution in [0.25, 0.3) is 0 Å². The molecule has 1 aromatic carbocycles. The lowest BCUT2D eigenvalue weighted by Gasteiger charge is -2.33. The van der Waals surface area contributed by atoms with Gasteiger partial charge in [-0.15, -0.1) is 0 Å². The van der Waals surface area contributed by atoms with Gasteiger partial charge in [0.15, 0.2) is 5.11 Å². The van der Waals surface area contributed by atoms with Gasteiger partial charge in [-0.1, -0.05) is 12.1 Å². The van der Waals surface area contributed by atoms with E-state index in [9.17, 15) is 44.1 Å². The lowest BCUT2D eigenvalue weighted by Crippen LogP contribution is -2.49. The van der Waals surface area contributed by atoms with Crippen LogP contribution in [0.1, 0.15) is 38.7 Å². The molecule has 5 N–H and O–H groups in total. The maximum atomic E-state index is 13.4. The Morgan fingerprint density at radius 1 is 0.563 bits per heavy atom. The Morgan fingerprint density at radius 3 is 1.42 bits per heavy atom. The van der Waals surface area contributed by atoms with E-state index in [2.05, 4.69) is 10.6 Å². The van der Waals surface area contributed by atoms with Crippen molar-refractivity contribution in [2.24, 2.45) is 0 Å². The average molecular weight is 1030 g/mol. The molecule has 1 aromatic rings. The number of amides is 1. The molecule has 23 nitrogen and oxygen atoms in total. The van der Waals surface area contributed by atoms with Crippen LogP contribution in [-0.4, -0.2) is 259 Å². The molecule has 71 heavy (non-hydrogen) atoms. The summed E-state index contributed by atoms with van der Waals surface area (Å²) in [6.07, 6.45) is 1.32. The van der Waals surface area contributed by atoms with Gasteiger partial charge in [-0.3, -0.25) is 43.5 Å². The SMILES string of the molecule is CC(=O)CCOCCOCCOCCOCCN(CCOCCOCCOCCOCCC(C)=O)C(=O)CCNC(=S)Nc1ccc(CC2CN(CC(=O)O)CCN(CC(=O)O)CCN2CC(=O)O)cc1. The van der Waals surface area contributed by atoms with E-state index < -0.39 is 17.9 Å². The predicted octanol–water partition coefficient (Wildman–Crippen LogP) is 0.367. The van der Waals surface area contributed by atoms with Crippen molar-refractivity contribution in [1.82, 2.24) is 24.9 Å². The molecule has 0 aliphatic carbocycles. The van der Waals surface area contributed by atoms with Crippen molar-refractivity contribution in [3.8, 4) is 0 Å². The Kier molecular flexibility index (Phi) is 35.6. The fraction of sp³-hybridized carbons (Fsp3) is 0.723. The van der Waals surface area contributed by atoms with Gasteiger partial charge in [0.25, 0.3) is 0 Å². The Labute approximate surface area is 422 Å². The van der Waals surface area contributed by atoms with Crippen LogP contribution in [0.4, 0.5) is 5.69 Å². The van der Waals surface area contributed by atoms with Crippen molar-refractivity contribution >= 4 is 58.4 Å². The zero-order valence-electron chi connectivity index (χ0n) is 41.6. The van der Waals surface area contributed by atoms with E-state index in [-0.39, 0.29) is 75.9 Å². The fourth-order valence-corrected chi connectivity index (χ4v) is 7.11. The van der Waals surface area contributed by atoms with Crippen molar-refractivity contribution in [3.05, 3.63) is 29.8 Å². The number of ether oxygens (including phenoxy) is 8. The number of aliphatic carboxylic acids is 3. The molecule has 1 heterocycles. The number of carbonyl (C=O) groups excluding carboxylic acids is 3. The van der Waals surface area contributed by atoms with Gasteiger partial charge in [-0.2, -0.15) is 0 Å². The minimum Gasteiger partial charge on any atom is -0.480 e. The van der Waals surface area contributed by atoms with E-state index in [1.807, 2.05) is 24.3 Å². The van der Waals surface area contributed by atoms with Gasteiger partial charge in [-0.25, -0.2) is 0 Å². The fourth-order valence-electron chi connectivity index (χ4n) is 6.89. The van der Waals surface area contributed by atoms with Crippen molar-refractivity contribution in [1.29, 1.82) is 0 Å². The van der Waals surface area contributed by atoms with Gasteiger partial charge in [0.1, 0.15) is 11.6 Å². The molecule has 1 saturated heterocycles. The lowest BCUT2D eigenvalue weighted by atomic mass is 10.0. The summed E-state index contributed by atoms with van der Waals surface area (Å²) in [5, 5.41) is 35.2. The summed E-state index contributed by atoms with van der Waals surface area (Å²) in [5.74, 6) is -3.07. The summed E-state index contributed by atoms with van der Waals surface area (Å²) < 4.78 is 44.2. The molecular formula is C47H78N6O17S. The maximum absolute atomic E-state index is 13.4. The first-order valence-corrected chi connectivity index (χ1v) is 24.5. The summed E-state index contributed by atoms with van der Waals surface area (Å²) in [5.41, 5.74) is 1.55. The zero-order chi connectivity index (χ0) is 51.9. The quantitative estimate of drug-likeness (QED) is 0.0437. The van der Waals surface area contributed by atoms with Crippen LogP contribution in [0, 0.1) is 0 Å². The standard InChI is InChI=1S/C47H78N6O17S/c1-38(54)8-17-63-21-25-67-29-31-69-27-23-65-19-15-52(16-20-66-24-28-70-32-30-68-26-22-64-18-9-39(2)55)43(56)7-10-48-47(71)49-41-5-3-40(4-6-41)33-42-34-51(36-45(59)60)12-11-50(35-44(57)58)13-14-53(42)37-46(61)62/h3-6,42H,7-37H2,1-2H3,(H,57,58)(H,59,60)(H,61,62)(H2,48,49,71). The number of benzene rings is 1. The summed E-state index contributed by atoms with van der Waals surface area (Å²) in [6.45, 7) is 10.5. The highest BCUT2D eigenvalue weighted by Crippen LogP contribution is 2.16. The van der Waals surface area contributed by atoms with Gasteiger partial charge in [0.05, 0.1) is 125 Å². The zero-order valence-corrected chi connectivity index (χ0v) is 42.4. The van der Waals surface area contributed by atoms with Crippen molar-refractivity contribution in [2.45, 2.75) is 45.6 Å². The number of nitrogens with one attached hydrogen (secondary N) is 2. The van der Waals surface area contributed by atoms with Gasteiger partial charge in [-0.05, 0) is 50.2 Å². The molecule has 0 spiro atoms. The van der Waals surface area contributed by atoms with E-state index >= 15 is 0 Å². The van der Waals surface area contributed by atoms with Gasteiger partial charge < -0.3 is 68.7 Å². The first kappa shape index (κ1) is 62.8. The third-order valence-corrected chi connectivity index (χ3v) is 10.8. The number of nitrogens with zero attached hydrogens (tertiary/aromatic N) is 4. The number of rotatable bonds is 42. The van der Waals surface area contributed by atoms with Crippen LogP contribution in [0.3, 0.4) is 0 Å². The number of ketones is 2. The number of carbonyl (C=O) groups is 6. The van der Waals surface area contributed by atoms with Crippen LogP contribution in [0.15, 0.2) is 24.3 Å². The van der Waals surface area contributed by atoms with Crippen LogP contribution in [0.2, 0.25) is 0 Å². The first-order valence-electron chi connectivity index (χ1n) is 24.1. The molecule has 0 saturated carbocycles. The number of thiocarbonyl (C=S) groups is 1. The highest BCUT2D eigenvalue weighted by molar-refractivity contribution is 7.80. The van der Waals surface area contributed by atoms with E-state index in [0.717, 1.165) is 5.56 Å². The third-order valence-electron chi connectivity index (χ3n) is 10.6. The van der Waals surface area contributed by atoms with Gasteiger partial charge >= 0.3 is 17.9 Å². The maximum Gasteiger partial charge on any atom is 0.317 e. The van der Waals surface area contributed by atoms with E-state index in [0.29, 0.717) is 162 Å². The number of Topliss-reactive ketones (excluding diaryl/α,β-unsaturated/α-hetero) is 2. The van der Waals surface area contributed by atoms with Crippen LogP contribution in [0.5, 0.6) is 0 Å². The van der Waals surface area contributed by atoms with E-state index in [1.54, 1.807) is 19.6 Å². The molecule has 1 aliphatic heterocycles. The monoisotopic (exact) mass is 1030 g/mol. The topological polar surface area (TPSA) is 274 Å². The second kappa shape index (κ2) is 40.2. The number of carboxylic acids is 3. The highest BCUT2D eigenvalue weighted by Gasteiger charge is 2.28. The van der Waals surface area contributed by atoms with Crippen molar-refractivity contribution < 1.29 is 82.0 Å². The number of hydrogen-bond acceptors (Lipinski definition) is 18. The number of hydrogen-bond donors (Lipinski definition) is 5. The van der Waals surface area contributed by atoms with Gasteiger partial charge in [0.2, 0.25) is 5.91 Å². The molecule has 24 heteroatoms. The lowest BCUT2D eigenvalue weighted by molar-refractivity contribution is -0.140. The second-order valence-corrected chi connectivity index (χ2v) is 16.9. The Balaban J connectivity index is 1.84. The molecule has 1 fully saturated rings. The van der Waals surface area contributed by atoms with Crippen LogP contribution in [-0.2, 0) is 73.1 Å². The van der Waals surface area contributed by atoms with Crippen LogP contribution >= 0.6 is 12.2 Å². The molecule has 0 aromatic heterocycles. The molecule has 2 rings (SSSR count). The molecule has 1 unspecified atom stereocenters. The Hall–Kier alpha value is -4.31. The van der Waals surface area contributed by atoms with Gasteiger partial charge in [0, 0.05) is 83.3 Å². The molecule has 0 radical (unpaired) electrons. The third kappa shape index (κ3) is 34.7. The van der Waals surface area contributed by atoms with Crippen molar-refractivity contribution in [3.63, 3.8) is 0 Å². The number of anilines is 1. The smallest absolute Gasteiger partial charge is 0.317 e. The largest absolute Gasteiger partial charge is 0.480 e. The molecule has 404 valence electrons. The first-order chi connectivity index (χ1) is 34.2. The second-order valence-electron chi connectivity index (χ2n) is 16.5. The summed E-state index contributed by atoms with van der Waals surface area (Å²) >= 11 is 5.53. The normalized spacial score (nSPS) is 14.8. The summed E-state index contributed by atoms with van der Waals surface area (Å²) in [7, 11) is 0. The summed E-state index contributed by atoms with van der Waals surface area (Å²) in [4.78, 5) is 77.2. The average Bonchev–Trinajstić information content (AvgIpc) is 3.37. The molecular weight excluding hydrogens is 953 g/mol. The minimum absolute atomic E-state index is 0.0806.